The van der Waals surface area contributed by atoms with Crippen LogP contribution in [0.3, 0.4) is 0 Å². The highest BCUT2D eigenvalue weighted by Crippen LogP contribution is 2.26. The molecule has 1 aromatic heterocycles. The van der Waals surface area contributed by atoms with Crippen LogP contribution < -0.4 is 5.32 Å². The predicted octanol–water partition coefficient (Wildman–Crippen LogP) is 4.39. The lowest BCUT2D eigenvalue weighted by atomic mass is 10.1. The summed E-state index contributed by atoms with van der Waals surface area (Å²) in [6, 6.07) is 16.2. The third kappa shape index (κ3) is 2.50. The second kappa shape index (κ2) is 4.98. The van der Waals surface area contributed by atoms with E-state index < -0.39 is 0 Å². The Balaban J connectivity index is 1.95. The van der Waals surface area contributed by atoms with Crippen LogP contribution in [-0.4, -0.2) is 4.98 Å². The quantitative estimate of drug-likeness (QED) is 0.749. The number of hydrogen-bond donors (Lipinski definition) is 1. The first kappa shape index (κ1) is 11.5. The fraction of sp³-hybridized carbons (Fsp3) is 0.0625. The van der Waals surface area contributed by atoms with Crippen molar-refractivity contribution in [3.63, 3.8) is 0 Å². The first-order valence-corrected chi connectivity index (χ1v) is 6.15. The van der Waals surface area contributed by atoms with Crippen LogP contribution in [0.2, 0.25) is 0 Å². The molecular weight excluding hydrogens is 236 g/mol. The molecule has 0 atom stereocenters. The Morgan fingerprint density at radius 1 is 1.05 bits per heavy atom. The summed E-state index contributed by atoms with van der Waals surface area (Å²) in [7, 11) is 0. The van der Waals surface area contributed by atoms with Crippen molar-refractivity contribution in [3.8, 4) is 11.5 Å². The molecule has 0 spiro atoms. The Labute approximate surface area is 111 Å². The highest BCUT2D eigenvalue weighted by molar-refractivity contribution is 5.69. The number of oxazole rings is 1. The van der Waals surface area contributed by atoms with Gasteiger partial charge in [-0.15, -0.1) is 0 Å². The Morgan fingerprint density at radius 2 is 1.89 bits per heavy atom. The van der Waals surface area contributed by atoms with E-state index in [2.05, 4.69) is 23.3 Å². The maximum Gasteiger partial charge on any atom is 0.225 e. The van der Waals surface area contributed by atoms with Gasteiger partial charge in [0.05, 0.1) is 6.20 Å². The average Bonchev–Trinajstić information content (AvgIpc) is 2.96. The summed E-state index contributed by atoms with van der Waals surface area (Å²) in [6.07, 6.45) is 3.24. The van der Waals surface area contributed by atoms with Crippen molar-refractivity contribution >= 4 is 11.4 Å². The topological polar surface area (TPSA) is 38.1 Å². The zero-order chi connectivity index (χ0) is 13.1. The molecule has 0 radical (unpaired) electrons. The third-order valence-corrected chi connectivity index (χ3v) is 2.97. The normalized spacial score (nSPS) is 10.4. The summed E-state index contributed by atoms with van der Waals surface area (Å²) in [5.41, 5.74) is 4.27. The van der Waals surface area contributed by atoms with Crippen molar-refractivity contribution < 1.29 is 4.42 Å². The summed E-state index contributed by atoms with van der Waals surface area (Å²) >= 11 is 0. The van der Waals surface area contributed by atoms with E-state index >= 15 is 0 Å². The predicted molar refractivity (Wildman–Crippen MR) is 76.4 cm³/mol. The molecule has 0 amide bonds. The summed E-state index contributed by atoms with van der Waals surface area (Å²) in [5.74, 6) is 0.635. The fourth-order valence-corrected chi connectivity index (χ4v) is 1.93. The van der Waals surface area contributed by atoms with Crippen LogP contribution >= 0.6 is 0 Å². The van der Waals surface area contributed by atoms with Gasteiger partial charge in [-0.05, 0) is 36.8 Å². The van der Waals surface area contributed by atoms with E-state index in [-0.39, 0.29) is 0 Å². The van der Waals surface area contributed by atoms with Crippen molar-refractivity contribution in [1.29, 1.82) is 0 Å². The second-order valence-corrected chi connectivity index (χ2v) is 4.36. The SMILES string of the molecule is Cc1ccc(-c2ncco2)cc1Nc1ccccc1. The lowest BCUT2D eigenvalue weighted by molar-refractivity contribution is 0.574. The van der Waals surface area contributed by atoms with E-state index in [1.807, 2.05) is 42.5 Å². The monoisotopic (exact) mass is 250 g/mol. The Kier molecular flexibility index (Phi) is 3.02. The molecule has 3 heteroatoms. The lowest BCUT2D eigenvalue weighted by Gasteiger charge is -2.10. The van der Waals surface area contributed by atoms with Crippen LogP contribution in [0.1, 0.15) is 5.56 Å². The molecule has 0 bridgehead atoms. The molecule has 0 saturated heterocycles. The molecule has 3 rings (SSSR count). The molecule has 0 unspecified atom stereocenters. The van der Waals surface area contributed by atoms with Gasteiger partial charge in [0.2, 0.25) is 5.89 Å². The second-order valence-electron chi connectivity index (χ2n) is 4.36. The van der Waals surface area contributed by atoms with Crippen molar-refractivity contribution in [1.82, 2.24) is 4.98 Å². The smallest absolute Gasteiger partial charge is 0.225 e. The van der Waals surface area contributed by atoms with Gasteiger partial charge in [0.25, 0.3) is 0 Å². The Morgan fingerprint density at radius 3 is 2.63 bits per heavy atom. The van der Waals surface area contributed by atoms with Gasteiger partial charge in [-0.1, -0.05) is 24.3 Å². The van der Waals surface area contributed by atoms with Gasteiger partial charge < -0.3 is 9.73 Å². The standard InChI is InChI=1S/C16H14N2O/c1-12-7-8-13(16-17-9-10-19-16)11-15(12)18-14-5-3-2-4-6-14/h2-11,18H,1H3. The number of rotatable bonds is 3. The van der Waals surface area contributed by atoms with Crippen LogP contribution in [0.25, 0.3) is 11.5 Å². The van der Waals surface area contributed by atoms with Gasteiger partial charge >= 0.3 is 0 Å². The maximum absolute atomic E-state index is 5.33. The van der Waals surface area contributed by atoms with Crippen LogP contribution in [0.4, 0.5) is 11.4 Å². The van der Waals surface area contributed by atoms with Crippen molar-refractivity contribution in [2.75, 3.05) is 5.32 Å². The van der Waals surface area contributed by atoms with Crippen molar-refractivity contribution in [3.05, 3.63) is 66.6 Å². The van der Waals surface area contributed by atoms with E-state index in [0.717, 1.165) is 16.9 Å². The molecule has 0 fully saturated rings. The van der Waals surface area contributed by atoms with Gasteiger partial charge in [-0.3, -0.25) is 0 Å². The largest absolute Gasteiger partial charge is 0.445 e. The van der Waals surface area contributed by atoms with Crippen LogP contribution in [-0.2, 0) is 0 Å². The van der Waals surface area contributed by atoms with Crippen molar-refractivity contribution in [2.45, 2.75) is 6.92 Å². The molecular formula is C16H14N2O. The van der Waals surface area contributed by atoms with Crippen LogP contribution in [0.15, 0.2) is 65.4 Å². The van der Waals surface area contributed by atoms with E-state index in [1.54, 1.807) is 12.5 Å². The molecule has 2 aromatic carbocycles. The molecule has 94 valence electrons. The highest BCUT2D eigenvalue weighted by Gasteiger charge is 2.06. The Bertz CT molecular complexity index is 660. The van der Waals surface area contributed by atoms with Gasteiger partial charge in [-0.25, -0.2) is 4.98 Å². The zero-order valence-corrected chi connectivity index (χ0v) is 10.6. The zero-order valence-electron chi connectivity index (χ0n) is 10.6. The summed E-state index contributed by atoms with van der Waals surface area (Å²) in [6.45, 7) is 2.07. The average molecular weight is 250 g/mol. The summed E-state index contributed by atoms with van der Waals surface area (Å²) < 4.78 is 5.33. The van der Waals surface area contributed by atoms with Crippen LogP contribution in [0, 0.1) is 6.92 Å². The first-order valence-electron chi connectivity index (χ1n) is 6.15. The van der Waals surface area contributed by atoms with Crippen molar-refractivity contribution in [2.24, 2.45) is 0 Å². The van der Waals surface area contributed by atoms with Gasteiger partial charge in [0.1, 0.15) is 6.26 Å². The van der Waals surface area contributed by atoms with Gasteiger partial charge in [0.15, 0.2) is 0 Å². The minimum atomic E-state index is 0.635. The number of hydrogen-bond acceptors (Lipinski definition) is 3. The molecule has 1 N–H and O–H groups in total. The van der Waals surface area contributed by atoms with Gasteiger partial charge in [0, 0.05) is 16.9 Å². The van der Waals surface area contributed by atoms with Gasteiger partial charge in [-0.2, -0.15) is 0 Å². The first-order chi connectivity index (χ1) is 9.33. The van der Waals surface area contributed by atoms with E-state index in [1.165, 1.54) is 5.56 Å². The molecule has 1 heterocycles. The number of anilines is 2. The third-order valence-electron chi connectivity index (χ3n) is 2.97. The van der Waals surface area contributed by atoms with E-state index in [0.29, 0.717) is 5.89 Å². The molecule has 0 aliphatic heterocycles. The fourth-order valence-electron chi connectivity index (χ4n) is 1.93. The number of nitrogens with zero attached hydrogens (tertiary/aromatic N) is 1. The Hall–Kier alpha value is -2.55. The van der Waals surface area contributed by atoms with E-state index in [4.69, 9.17) is 4.42 Å². The minimum absolute atomic E-state index is 0.635. The molecule has 3 nitrogen and oxygen atoms in total. The summed E-state index contributed by atoms with van der Waals surface area (Å²) in [4.78, 5) is 4.17. The number of aromatic nitrogens is 1. The lowest BCUT2D eigenvalue weighted by Crippen LogP contribution is -1.93. The highest BCUT2D eigenvalue weighted by atomic mass is 16.3. The number of aryl methyl sites for hydroxylation is 1. The maximum atomic E-state index is 5.33. The number of para-hydroxylation sites is 1. The van der Waals surface area contributed by atoms with E-state index in [9.17, 15) is 0 Å². The van der Waals surface area contributed by atoms with Crippen LogP contribution in [0.5, 0.6) is 0 Å². The molecule has 0 aliphatic rings. The summed E-state index contributed by atoms with van der Waals surface area (Å²) in [5, 5.41) is 3.41. The number of nitrogens with one attached hydrogen (secondary N) is 1. The molecule has 0 aliphatic carbocycles. The molecule has 0 saturated carbocycles. The molecule has 19 heavy (non-hydrogen) atoms. The minimum Gasteiger partial charge on any atom is -0.445 e. The molecule has 3 aromatic rings. The number of benzene rings is 2.